The van der Waals surface area contributed by atoms with E-state index in [1.54, 1.807) is 36.4 Å². The summed E-state index contributed by atoms with van der Waals surface area (Å²) in [5.74, 6) is 0.291. The van der Waals surface area contributed by atoms with E-state index in [-0.39, 0.29) is 25.0 Å². The first-order valence-corrected chi connectivity index (χ1v) is 10.3. The minimum atomic E-state index is -0.821. The van der Waals surface area contributed by atoms with Gasteiger partial charge in [-0.1, -0.05) is 42.0 Å². The number of aliphatic hydroxyl groups is 4. The molecule has 1 aliphatic rings. The van der Waals surface area contributed by atoms with Crippen molar-refractivity contribution < 1.29 is 25.2 Å². The molecule has 1 aliphatic carbocycles. The van der Waals surface area contributed by atoms with E-state index >= 15 is 0 Å². The molecule has 5 atom stereocenters. The summed E-state index contributed by atoms with van der Waals surface area (Å²) < 4.78 is 5.52. The van der Waals surface area contributed by atoms with Gasteiger partial charge in [-0.2, -0.15) is 0 Å². The van der Waals surface area contributed by atoms with E-state index in [1.165, 1.54) is 0 Å². The molecule has 0 aliphatic heterocycles. The van der Waals surface area contributed by atoms with E-state index in [1.807, 2.05) is 6.08 Å². The van der Waals surface area contributed by atoms with Crippen LogP contribution in [0.15, 0.2) is 48.6 Å². The van der Waals surface area contributed by atoms with Gasteiger partial charge < -0.3 is 25.2 Å². The molecule has 156 valence electrons. The van der Waals surface area contributed by atoms with Gasteiger partial charge in [-0.25, -0.2) is 0 Å². The van der Waals surface area contributed by atoms with Crippen LogP contribution in [0.1, 0.15) is 32.1 Å². The topological polar surface area (TPSA) is 90.2 Å². The van der Waals surface area contributed by atoms with Crippen LogP contribution in [0.25, 0.3) is 0 Å². The Morgan fingerprint density at radius 1 is 1.18 bits per heavy atom. The number of benzene rings is 1. The van der Waals surface area contributed by atoms with Crippen molar-refractivity contribution in [3.05, 3.63) is 53.6 Å². The van der Waals surface area contributed by atoms with Crippen LogP contribution in [0.5, 0.6) is 5.75 Å². The molecule has 28 heavy (non-hydrogen) atoms. The number of rotatable bonds is 11. The van der Waals surface area contributed by atoms with E-state index in [9.17, 15) is 15.3 Å². The fourth-order valence-electron chi connectivity index (χ4n) is 3.50. The number of hydrogen-bond acceptors (Lipinski definition) is 5. The van der Waals surface area contributed by atoms with Crippen LogP contribution < -0.4 is 4.74 Å². The highest BCUT2D eigenvalue weighted by Gasteiger charge is 2.39. The fourth-order valence-corrected chi connectivity index (χ4v) is 3.68. The summed E-state index contributed by atoms with van der Waals surface area (Å²) in [7, 11) is 0. The maximum atomic E-state index is 10.3. The lowest BCUT2D eigenvalue weighted by molar-refractivity contribution is 0.120. The number of ether oxygens (including phenoxy) is 1. The Hall–Kier alpha value is -1.37. The number of hydrogen-bond donors (Lipinski definition) is 4. The normalized spacial score (nSPS) is 26.3. The molecule has 0 unspecified atom stereocenters. The van der Waals surface area contributed by atoms with Crippen LogP contribution >= 0.6 is 11.6 Å². The van der Waals surface area contributed by atoms with Crippen molar-refractivity contribution in [2.45, 2.75) is 50.4 Å². The number of aliphatic hydroxyl groups excluding tert-OH is 4. The van der Waals surface area contributed by atoms with Gasteiger partial charge in [0.25, 0.3) is 0 Å². The van der Waals surface area contributed by atoms with Crippen molar-refractivity contribution in [1.82, 2.24) is 0 Å². The molecule has 1 fully saturated rings. The van der Waals surface area contributed by atoms with Gasteiger partial charge in [0.2, 0.25) is 0 Å². The van der Waals surface area contributed by atoms with Crippen LogP contribution in [0.3, 0.4) is 0 Å². The molecule has 0 radical (unpaired) electrons. The van der Waals surface area contributed by atoms with E-state index in [4.69, 9.17) is 21.4 Å². The van der Waals surface area contributed by atoms with Gasteiger partial charge in [0.15, 0.2) is 0 Å². The second kappa shape index (κ2) is 12.2. The third kappa shape index (κ3) is 7.57. The van der Waals surface area contributed by atoms with Crippen LogP contribution in [0, 0.1) is 11.8 Å². The Kier molecular flexibility index (Phi) is 10.0. The first kappa shape index (κ1) is 22.9. The SMILES string of the molecule is OCCCC/C=C/C[C@@H]1[C@@H](/C=C/[C@@H](O)COc2cccc(Cl)c2)[C@H](O)C[C@@H]1O. The molecule has 1 saturated carbocycles. The van der Waals surface area contributed by atoms with Crippen LogP contribution in [-0.2, 0) is 0 Å². The highest BCUT2D eigenvalue weighted by atomic mass is 35.5. The fraction of sp³-hybridized carbons (Fsp3) is 0.545. The summed E-state index contributed by atoms with van der Waals surface area (Å²) in [5.41, 5.74) is 0. The van der Waals surface area contributed by atoms with Crippen molar-refractivity contribution in [3.8, 4) is 5.75 Å². The Morgan fingerprint density at radius 2 is 2.00 bits per heavy atom. The zero-order chi connectivity index (χ0) is 20.4. The smallest absolute Gasteiger partial charge is 0.120 e. The van der Waals surface area contributed by atoms with Gasteiger partial charge in [0.05, 0.1) is 12.2 Å². The Labute approximate surface area is 171 Å². The monoisotopic (exact) mass is 410 g/mol. The number of allylic oxidation sites excluding steroid dienone is 2. The first-order chi connectivity index (χ1) is 13.5. The highest BCUT2D eigenvalue weighted by Crippen LogP contribution is 2.36. The molecule has 0 aromatic heterocycles. The van der Waals surface area contributed by atoms with Gasteiger partial charge in [-0.3, -0.25) is 0 Å². The molecule has 0 spiro atoms. The lowest BCUT2D eigenvalue weighted by Crippen LogP contribution is -2.21. The summed E-state index contributed by atoms with van der Waals surface area (Å²) in [6.45, 7) is 0.287. The number of halogens is 1. The molecule has 5 nitrogen and oxygen atoms in total. The van der Waals surface area contributed by atoms with Gasteiger partial charge in [-0.15, -0.1) is 0 Å². The molecule has 2 rings (SSSR count). The molecule has 0 bridgehead atoms. The minimum Gasteiger partial charge on any atom is -0.491 e. The summed E-state index contributed by atoms with van der Waals surface area (Å²) in [6.07, 6.45) is 9.11. The van der Waals surface area contributed by atoms with Crippen molar-refractivity contribution in [1.29, 1.82) is 0 Å². The average molecular weight is 411 g/mol. The third-order valence-electron chi connectivity index (χ3n) is 5.04. The van der Waals surface area contributed by atoms with Crippen LogP contribution in [0.2, 0.25) is 5.02 Å². The minimum absolute atomic E-state index is 0.0810. The molecule has 0 heterocycles. The maximum absolute atomic E-state index is 10.3. The van der Waals surface area contributed by atoms with E-state index in [0.717, 1.165) is 19.3 Å². The second-order valence-electron chi connectivity index (χ2n) is 7.26. The largest absolute Gasteiger partial charge is 0.491 e. The zero-order valence-electron chi connectivity index (χ0n) is 16.0. The predicted octanol–water partition coefficient (Wildman–Crippen LogP) is 3.10. The molecular formula is C22H31ClO5. The zero-order valence-corrected chi connectivity index (χ0v) is 16.8. The molecule has 1 aromatic rings. The molecule has 1 aromatic carbocycles. The third-order valence-corrected chi connectivity index (χ3v) is 5.28. The van der Waals surface area contributed by atoms with E-state index < -0.39 is 18.3 Å². The maximum Gasteiger partial charge on any atom is 0.120 e. The van der Waals surface area contributed by atoms with Gasteiger partial charge >= 0.3 is 0 Å². The van der Waals surface area contributed by atoms with Crippen molar-refractivity contribution in [2.75, 3.05) is 13.2 Å². The standard InChI is InChI=1S/C22H31ClO5/c23-16-7-6-8-18(13-16)28-15-17(25)10-11-20-19(21(26)14-22(20)27)9-4-2-1-3-5-12-24/h2,4,6-8,10-11,13,17,19-22,24-27H,1,3,5,9,12,14-15H2/b4-2+,11-10+/t17-,19-,20-,21+,22-/m1/s1. The Bertz CT molecular complexity index is 633. The summed E-state index contributed by atoms with van der Waals surface area (Å²) >= 11 is 5.91. The quantitative estimate of drug-likeness (QED) is 0.332. The van der Waals surface area contributed by atoms with E-state index in [0.29, 0.717) is 23.6 Å². The number of unbranched alkanes of at least 4 members (excludes halogenated alkanes) is 2. The second-order valence-corrected chi connectivity index (χ2v) is 7.70. The van der Waals surface area contributed by atoms with Crippen molar-refractivity contribution >= 4 is 11.6 Å². The van der Waals surface area contributed by atoms with Crippen molar-refractivity contribution in [2.24, 2.45) is 11.8 Å². The first-order valence-electron chi connectivity index (χ1n) is 9.88. The van der Waals surface area contributed by atoms with Gasteiger partial charge in [-0.05, 0) is 49.8 Å². The molecular weight excluding hydrogens is 380 g/mol. The summed E-state index contributed by atoms with van der Waals surface area (Å²) in [6, 6.07) is 6.97. The highest BCUT2D eigenvalue weighted by molar-refractivity contribution is 6.30. The lowest BCUT2D eigenvalue weighted by atomic mass is 9.89. The van der Waals surface area contributed by atoms with Gasteiger partial charge in [0, 0.05) is 24.0 Å². The lowest BCUT2D eigenvalue weighted by Gasteiger charge is -2.19. The van der Waals surface area contributed by atoms with E-state index in [2.05, 4.69) is 6.08 Å². The van der Waals surface area contributed by atoms with Crippen molar-refractivity contribution in [3.63, 3.8) is 0 Å². The molecule has 6 heteroatoms. The molecule has 4 N–H and O–H groups in total. The van der Waals surface area contributed by atoms with Crippen LogP contribution in [-0.4, -0.2) is 52.0 Å². The summed E-state index contributed by atoms with van der Waals surface area (Å²) in [4.78, 5) is 0. The molecule has 0 amide bonds. The molecule has 0 saturated heterocycles. The van der Waals surface area contributed by atoms with Gasteiger partial charge in [0.1, 0.15) is 18.5 Å². The average Bonchev–Trinajstić information content (AvgIpc) is 2.94. The summed E-state index contributed by atoms with van der Waals surface area (Å²) in [5, 5.41) is 40.0. The Morgan fingerprint density at radius 3 is 2.75 bits per heavy atom. The van der Waals surface area contributed by atoms with Crippen LogP contribution in [0.4, 0.5) is 0 Å². The predicted molar refractivity (Wildman–Crippen MR) is 110 cm³/mol. The Balaban J connectivity index is 1.84.